The van der Waals surface area contributed by atoms with Crippen LogP contribution in [0.15, 0.2) is 65.2 Å². The molecule has 0 aliphatic carbocycles. The number of ether oxygens (including phenoxy) is 1. The van der Waals surface area contributed by atoms with Crippen LogP contribution in [0.5, 0.6) is 11.5 Å². The van der Waals surface area contributed by atoms with E-state index in [1.165, 1.54) is 0 Å². The molecule has 1 heterocycles. The summed E-state index contributed by atoms with van der Waals surface area (Å²) in [5.41, 5.74) is 1.43. The van der Waals surface area contributed by atoms with Crippen molar-refractivity contribution in [2.45, 2.75) is 0 Å². The van der Waals surface area contributed by atoms with E-state index in [9.17, 15) is 4.79 Å². The summed E-state index contributed by atoms with van der Waals surface area (Å²) in [6.07, 6.45) is 0.626. The molecule has 0 saturated carbocycles. The minimum absolute atomic E-state index is 0.203. The summed E-state index contributed by atoms with van der Waals surface area (Å²) in [6, 6.07) is 18.6. The van der Waals surface area contributed by atoms with Crippen LogP contribution in [-0.4, -0.2) is 11.4 Å². The van der Waals surface area contributed by atoms with Crippen molar-refractivity contribution in [1.82, 2.24) is 5.16 Å². The molecule has 4 heteroatoms. The van der Waals surface area contributed by atoms with Gasteiger partial charge in [-0.2, -0.15) is 0 Å². The summed E-state index contributed by atoms with van der Waals surface area (Å²) in [6.45, 7) is 0. The number of aldehydes is 1. The van der Waals surface area contributed by atoms with Crippen LogP contribution in [0.3, 0.4) is 0 Å². The normalized spacial score (nSPS) is 10.2. The number of carbonyl (C=O) groups is 1. The van der Waals surface area contributed by atoms with Crippen molar-refractivity contribution in [1.29, 1.82) is 0 Å². The summed E-state index contributed by atoms with van der Waals surface area (Å²) in [7, 11) is 0. The molecule has 0 aliphatic rings. The molecule has 98 valence electrons. The lowest BCUT2D eigenvalue weighted by molar-refractivity contribution is 0.109. The number of hydrogen-bond acceptors (Lipinski definition) is 4. The Morgan fingerprint density at radius 3 is 2.50 bits per heavy atom. The zero-order valence-electron chi connectivity index (χ0n) is 10.5. The molecular formula is C16H11NO3. The first kappa shape index (κ1) is 12.2. The molecule has 0 spiro atoms. The van der Waals surface area contributed by atoms with Gasteiger partial charge in [0.05, 0.1) is 0 Å². The van der Waals surface area contributed by atoms with Crippen LogP contribution >= 0.6 is 0 Å². The molecule has 0 aliphatic heterocycles. The highest BCUT2D eigenvalue weighted by molar-refractivity contribution is 5.74. The first-order chi connectivity index (χ1) is 9.85. The van der Waals surface area contributed by atoms with Gasteiger partial charge in [0.1, 0.15) is 17.2 Å². The predicted molar refractivity (Wildman–Crippen MR) is 73.8 cm³/mol. The molecule has 0 unspecified atom stereocenters. The summed E-state index contributed by atoms with van der Waals surface area (Å²) in [5, 5.41) is 3.84. The van der Waals surface area contributed by atoms with E-state index in [0.717, 1.165) is 11.3 Å². The fourth-order valence-corrected chi connectivity index (χ4v) is 1.82. The third-order valence-corrected chi connectivity index (χ3v) is 2.75. The Kier molecular flexibility index (Phi) is 3.29. The minimum atomic E-state index is 0.203. The van der Waals surface area contributed by atoms with Gasteiger partial charge in [-0.15, -0.1) is 0 Å². The number of nitrogens with zero attached hydrogens (tertiary/aromatic N) is 1. The predicted octanol–water partition coefficient (Wildman–Crippen LogP) is 3.95. The molecule has 0 radical (unpaired) electrons. The second-order valence-electron chi connectivity index (χ2n) is 4.18. The van der Waals surface area contributed by atoms with Gasteiger partial charge >= 0.3 is 0 Å². The SMILES string of the molecule is O=Cc1cc(-c2cccc(Oc3ccccc3)c2)no1. The largest absolute Gasteiger partial charge is 0.457 e. The summed E-state index contributed by atoms with van der Waals surface area (Å²) < 4.78 is 10.6. The fraction of sp³-hybridized carbons (Fsp3) is 0. The lowest BCUT2D eigenvalue weighted by Crippen LogP contribution is -1.84. The summed E-state index contributed by atoms with van der Waals surface area (Å²) >= 11 is 0. The maximum absolute atomic E-state index is 10.6. The number of hydrogen-bond donors (Lipinski definition) is 0. The van der Waals surface area contributed by atoms with E-state index in [2.05, 4.69) is 5.16 Å². The summed E-state index contributed by atoms with van der Waals surface area (Å²) in [5.74, 6) is 1.66. The van der Waals surface area contributed by atoms with Gasteiger partial charge in [-0.25, -0.2) is 0 Å². The number of para-hydroxylation sites is 1. The Morgan fingerprint density at radius 1 is 0.950 bits per heavy atom. The molecule has 1 aromatic heterocycles. The Balaban J connectivity index is 1.87. The van der Waals surface area contributed by atoms with E-state index in [4.69, 9.17) is 9.26 Å². The molecule has 20 heavy (non-hydrogen) atoms. The van der Waals surface area contributed by atoms with E-state index in [-0.39, 0.29) is 5.76 Å². The van der Waals surface area contributed by atoms with Crippen LogP contribution in [0.1, 0.15) is 10.6 Å². The zero-order valence-corrected chi connectivity index (χ0v) is 10.5. The molecule has 0 saturated heterocycles. The molecule has 0 atom stereocenters. The van der Waals surface area contributed by atoms with Crippen molar-refractivity contribution in [3.8, 4) is 22.8 Å². The molecule has 0 N–H and O–H groups in total. The molecule has 3 rings (SSSR count). The maximum Gasteiger partial charge on any atom is 0.199 e. The van der Waals surface area contributed by atoms with E-state index in [1.54, 1.807) is 6.07 Å². The van der Waals surface area contributed by atoms with Gasteiger partial charge in [0.15, 0.2) is 12.0 Å². The van der Waals surface area contributed by atoms with Gasteiger partial charge in [0.2, 0.25) is 0 Å². The minimum Gasteiger partial charge on any atom is -0.457 e. The van der Waals surface area contributed by atoms with Crippen molar-refractivity contribution >= 4 is 6.29 Å². The number of rotatable bonds is 4. The van der Waals surface area contributed by atoms with Crippen LogP contribution in [0.2, 0.25) is 0 Å². The van der Waals surface area contributed by atoms with Crippen molar-refractivity contribution in [2.75, 3.05) is 0 Å². The van der Waals surface area contributed by atoms with Crippen molar-refractivity contribution < 1.29 is 14.1 Å². The fourth-order valence-electron chi connectivity index (χ4n) is 1.82. The molecule has 2 aromatic carbocycles. The first-order valence-corrected chi connectivity index (χ1v) is 6.10. The third-order valence-electron chi connectivity index (χ3n) is 2.75. The van der Waals surface area contributed by atoms with Gasteiger partial charge in [-0.1, -0.05) is 35.5 Å². The molecule has 0 bridgehead atoms. The number of carbonyl (C=O) groups excluding carboxylic acids is 1. The summed E-state index contributed by atoms with van der Waals surface area (Å²) in [4.78, 5) is 10.6. The van der Waals surface area contributed by atoms with Gasteiger partial charge in [-0.3, -0.25) is 4.79 Å². The van der Waals surface area contributed by atoms with Gasteiger partial charge in [-0.05, 0) is 24.3 Å². The van der Waals surface area contributed by atoms with Crippen LogP contribution in [-0.2, 0) is 0 Å². The Hall–Kier alpha value is -2.88. The molecule has 4 nitrogen and oxygen atoms in total. The second-order valence-corrected chi connectivity index (χ2v) is 4.18. The van der Waals surface area contributed by atoms with Gasteiger partial charge in [0, 0.05) is 11.6 Å². The van der Waals surface area contributed by atoms with E-state index in [0.29, 0.717) is 17.7 Å². The quantitative estimate of drug-likeness (QED) is 0.670. The average molecular weight is 265 g/mol. The van der Waals surface area contributed by atoms with E-state index in [1.807, 2.05) is 54.6 Å². The second kappa shape index (κ2) is 5.40. The average Bonchev–Trinajstić information content (AvgIpc) is 2.98. The van der Waals surface area contributed by atoms with Crippen LogP contribution < -0.4 is 4.74 Å². The third kappa shape index (κ3) is 2.59. The Morgan fingerprint density at radius 2 is 1.75 bits per heavy atom. The molecule has 3 aromatic rings. The van der Waals surface area contributed by atoms with Crippen molar-refractivity contribution in [3.05, 3.63) is 66.4 Å². The van der Waals surface area contributed by atoms with Gasteiger partial charge in [0.25, 0.3) is 0 Å². The Bertz CT molecular complexity index is 719. The molecular weight excluding hydrogens is 254 g/mol. The van der Waals surface area contributed by atoms with Crippen LogP contribution in [0, 0.1) is 0 Å². The maximum atomic E-state index is 10.6. The zero-order chi connectivity index (χ0) is 13.8. The first-order valence-electron chi connectivity index (χ1n) is 6.10. The standard InChI is InChI=1S/C16H11NO3/c18-11-15-10-16(17-20-15)12-5-4-8-14(9-12)19-13-6-2-1-3-7-13/h1-11H. The number of benzene rings is 2. The van der Waals surface area contributed by atoms with E-state index >= 15 is 0 Å². The highest BCUT2D eigenvalue weighted by Gasteiger charge is 2.07. The Labute approximate surface area is 115 Å². The van der Waals surface area contributed by atoms with Crippen LogP contribution in [0.25, 0.3) is 11.3 Å². The molecule has 0 amide bonds. The lowest BCUT2D eigenvalue weighted by atomic mass is 10.1. The monoisotopic (exact) mass is 265 g/mol. The van der Waals surface area contributed by atoms with Gasteiger partial charge < -0.3 is 9.26 Å². The topological polar surface area (TPSA) is 52.3 Å². The molecule has 0 fully saturated rings. The highest BCUT2D eigenvalue weighted by atomic mass is 16.5. The van der Waals surface area contributed by atoms with Crippen LogP contribution in [0.4, 0.5) is 0 Å². The lowest BCUT2D eigenvalue weighted by Gasteiger charge is -2.06. The smallest absolute Gasteiger partial charge is 0.199 e. The van der Waals surface area contributed by atoms with E-state index < -0.39 is 0 Å². The number of aromatic nitrogens is 1. The van der Waals surface area contributed by atoms with Crippen molar-refractivity contribution in [2.24, 2.45) is 0 Å². The van der Waals surface area contributed by atoms with Crippen molar-refractivity contribution in [3.63, 3.8) is 0 Å². The highest BCUT2D eigenvalue weighted by Crippen LogP contribution is 2.26.